The Morgan fingerprint density at radius 2 is 2.32 bits per heavy atom. The molecule has 1 fully saturated rings. The highest BCUT2D eigenvalue weighted by atomic mass is 16.2. The van der Waals surface area contributed by atoms with Gasteiger partial charge in [0, 0.05) is 17.5 Å². The Morgan fingerprint density at radius 1 is 1.53 bits per heavy atom. The van der Waals surface area contributed by atoms with Crippen molar-refractivity contribution in [1.82, 2.24) is 10.6 Å². The van der Waals surface area contributed by atoms with Crippen molar-refractivity contribution in [2.75, 3.05) is 6.54 Å². The second-order valence-electron chi connectivity index (χ2n) is 5.97. The molecule has 0 radical (unpaired) electrons. The molecular formula is C15H27N3O. The fourth-order valence-corrected chi connectivity index (χ4v) is 3.81. The molecule has 0 aromatic carbocycles. The zero-order valence-corrected chi connectivity index (χ0v) is 12.0. The molecule has 1 aliphatic carbocycles. The van der Waals surface area contributed by atoms with Gasteiger partial charge < -0.3 is 16.4 Å². The third kappa shape index (κ3) is 3.30. The summed E-state index contributed by atoms with van der Waals surface area (Å²) in [6.45, 7) is 3.20. The molecule has 4 N–H and O–H groups in total. The van der Waals surface area contributed by atoms with Crippen molar-refractivity contribution in [3.8, 4) is 0 Å². The van der Waals surface area contributed by atoms with Crippen LogP contribution in [0.2, 0.25) is 0 Å². The first-order valence-corrected chi connectivity index (χ1v) is 7.65. The molecule has 0 saturated carbocycles. The van der Waals surface area contributed by atoms with E-state index in [0.717, 1.165) is 19.4 Å². The average Bonchev–Trinajstić information content (AvgIpc) is 2.39. The minimum absolute atomic E-state index is 0.144. The Balaban J connectivity index is 2.18. The van der Waals surface area contributed by atoms with Gasteiger partial charge in [-0.1, -0.05) is 25.5 Å². The fourth-order valence-electron chi connectivity index (χ4n) is 3.81. The van der Waals surface area contributed by atoms with Gasteiger partial charge in [0.05, 0.1) is 0 Å². The van der Waals surface area contributed by atoms with E-state index in [-0.39, 0.29) is 11.5 Å². The number of amides is 2. The van der Waals surface area contributed by atoms with E-state index < -0.39 is 6.03 Å². The van der Waals surface area contributed by atoms with Crippen molar-refractivity contribution in [2.24, 2.45) is 11.1 Å². The van der Waals surface area contributed by atoms with Crippen LogP contribution in [0.4, 0.5) is 4.79 Å². The van der Waals surface area contributed by atoms with Crippen molar-refractivity contribution in [2.45, 2.75) is 64.0 Å². The lowest BCUT2D eigenvalue weighted by Crippen LogP contribution is -2.61. The van der Waals surface area contributed by atoms with E-state index >= 15 is 0 Å². The van der Waals surface area contributed by atoms with Gasteiger partial charge in [0.15, 0.2) is 0 Å². The van der Waals surface area contributed by atoms with Gasteiger partial charge >= 0.3 is 6.03 Å². The quantitative estimate of drug-likeness (QED) is 0.683. The van der Waals surface area contributed by atoms with Gasteiger partial charge in [-0.05, 0) is 45.1 Å². The van der Waals surface area contributed by atoms with Gasteiger partial charge in [0.2, 0.25) is 0 Å². The summed E-state index contributed by atoms with van der Waals surface area (Å²) in [6, 6.07) is 0.0663. The minimum Gasteiger partial charge on any atom is -0.352 e. The van der Waals surface area contributed by atoms with E-state index in [2.05, 4.69) is 29.7 Å². The molecule has 2 amide bonds. The Labute approximate surface area is 116 Å². The van der Waals surface area contributed by atoms with Crippen molar-refractivity contribution in [3.05, 3.63) is 12.2 Å². The SMILES string of the molecule is CCCC(NC(N)=O)C1NCCCC12C=CCCC2. The highest BCUT2D eigenvalue weighted by Gasteiger charge is 2.43. The van der Waals surface area contributed by atoms with Gasteiger partial charge in [-0.25, -0.2) is 4.79 Å². The molecule has 2 rings (SSSR count). The van der Waals surface area contributed by atoms with E-state index in [1.54, 1.807) is 0 Å². The second kappa shape index (κ2) is 6.42. The van der Waals surface area contributed by atoms with E-state index in [1.165, 1.54) is 32.1 Å². The average molecular weight is 265 g/mol. The monoisotopic (exact) mass is 265 g/mol. The van der Waals surface area contributed by atoms with Crippen LogP contribution in [0.5, 0.6) is 0 Å². The molecule has 1 heterocycles. The maximum absolute atomic E-state index is 11.3. The van der Waals surface area contributed by atoms with Crippen LogP contribution in [0.3, 0.4) is 0 Å². The molecule has 2 aliphatic rings. The number of hydrogen-bond donors (Lipinski definition) is 3. The lowest BCUT2D eigenvalue weighted by atomic mass is 9.66. The second-order valence-corrected chi connectivity index (χ2v) is 5.97. The topological polar surface area (TPSA) is 67.1 Å². The summed E-state index contributed by atoms with van der Waals surface area (Å²) in [6.07, 6.45) is 12.9. The number of hydrogen-bond acceptors (Lipinski definition) is 2. The van der Waals surface area contributed by atoms with Crippen molar-refractivity contribution in [1.29, 1.82) is 0 Å². The number of nitrogens with one attached hydrogen (secondary N) is 2. The number of carbonyl (C=O) groups is 1. The zero-order valence-electron chi connectivity index (χ0n) is 12.0. The first-order valence-electron chi connectivity index (χ1n) is 7.65. The number of urea groups is 1. The predicted octanol–water partition coefficient (Wildman–Crippen LogP) is 2.30. The van der Waals surface area contributed by atoms with Gasteiger partial charge in [-0.15, -0.1) is 0 Å². The first kappa shape index (κ1) is 14.4. The fraction of sp³-hybridized carbons (Fsp3) is 0.800. The van der Waals surface area contributed by atoms with Crippen LogP contribution in [0.25, 0.3) is 0 Å². The van der Waals surface area contributed by atoms with Gasteiger partial charge in [0.1, 0.15) is 0 Å². The van der Waals surface area contributed by atoms with Crippen LogP contribution in [-0.2, 0) is 0 Å². The molecule has 1 spiro atoms. The highest BCUT2D eigenvalue weighted by Crippen LogP contribution is 2.42. The van der Waals surface area contributed by atoms with E-state index in [0.29, 0.717) is 6.04 Å². The lowest BCUT2D eigenvalue weighted by molar-refractivity contribution is 0.132. The maximum atomic E-state index is 11.3. The van der Waals surface area contributed by atoms with Crippen molar-refractivity contribution in [3.63, 3.8) is 0 Å². The number of primary amides is 1. The van der Waals surface area contributed by atoms with Crippen molar-refractivity contribution >= 4 is 6.03 Å². The number of allylic oxidation sites excluding steroid dienone is 1. The molecular weight excluding hydrogens is 238 g/mol. The summed E-state index contributed by atoms with van der Waals surface area (Å²) in [5.41, 5.74) is 5.57. The summed E-state index contributed by atoms with van der Waals surface area (Å²) in [5, 5.41) is 6.61. The summed E-state index contributed by atoms with van der Waals surface area (Å²) >= 11 is 0. The molecule has 0 aromatic rings. The van der Waals surface area contributed by atoms with E-state index in [4.69, 9.17) is 5.73 Å². The molecule has 3 unspecified atom stereocenters. The Kier molecular flexibility index (Phi) is 4.86. The molecule has 4 heteroatoms. The number of rotatable bonds is 4. The maximum Gasteiger partial charge on any atom is 0.312 e. The Bertz CT molecular complexity index is 342. The number of nitrogens with two attached hydrogens (primary N) is 1. The summed E-state index contributed by atoms with van der Waals surface area (Å²) in [5.74, 6) is 0. The first-order chi connectivity index (χ1) is 9.18. The molecule has 19 heavy (non-hydrogen) atoms. The summed E-state index contributed by atoms with van der Waals surface area (Å²) < 4.78 is 0. The molecule has 1 saturated heterocycles. The summed E-state index contributed by atoms with van der Waals surface area (Å²) in [4.78, 5) is 11.3. The van der Waals surface area contributed by atoms with Crippen LogP contribution in [0, 0.1) is 5.41 Å². The molecule has 4 nitrogen and oxygen atoms in total. The molecule has 0 aromatic heterocycles. The largest absolute Gasteiger partial charge is 0.352 e. The van der Waals surface area contributed by atoms with Gasteiger partial charge in [-0.2, -0.15) is 0 Å². The normalized spacial score (nSPS) is 32.2. The molecule has 3 atom stereocenters. The zero-order chi connectivity index (χ0) is 13.7. The molecule has 108 valence electrons. The van der Waals surface area contributed by atoms with Gasteiger partial charge in [-0.3, -0.25) is 0 Å². The molecule has 0 bridgehead atoms. The Morgan fingerprint density at radius 3 is 2.95 bits per heavy atom. The van der Waals surface area contributed by atoms with Crippen molar-refractivity contribution < 1.29 is 4.79 Å². The van der Waals surface area contributed by atoms with E-state index in [9.17, 15) is 4.79 Å². The predicted molar refractivity (Wildman–Crippen MR) is 77.9 cm³/mol. The lowest BCUT2D eigenvalue weighted by Gasteiger charge is -2.48. The summed E-state index contributed by atoms with van der Waals surface area (Å²) in [7, 11) is 0. The standard InChI is InChI=1S/C15H27N3O/c1-2-7-12(18-14(16)19)13-15(10-6-11-17-13)8-4-3-5-9-15/h4,8,12-13,17H,2-3,5-7,9-11H2,1H3,(H3,16,18,19). The van der Waals surface area contributed by atoms with Crippen LogP contribution < -0.4 is 16.4 Å². The minimum atomic E-state index is -0.402. The Hall–Kier alpha value is -1.03. The number of carbonyl (C=O) groups excluding carboxylic acids is 1. The number of piperidine rings is 1. The third-order valence-corrected chi connectivity index (χ3v) is 4.60. The van der Waals surface area contributed by atoms with E-state index in [1.807, 2.05) is 0 Å². The smallest absolute Gasteiger partial charge is 0.312 e. The third-order valence-electron chi connectivity index (χ3n) is 4.60. The molecule has 1 aliphatic heterocycles. The van der Waals surface area contributed by atoms with Crippen LogP contribution in [-0.4, -0.2) is 24.7 Å². The van der Waals surface area contributed by atoms with Crippen LogP contribution in [0.1, 0.15) is 51.9 Å². The van der Waals surface area contributed by atoms with Crippen LogP contribution in [0.15, 0.2) is 12.2 Å². The highest BCUT2D eigenvalue weighted by molar-refractivity contribution is 5.72. The van der Waals surface area contributed by atoms with Crippen LogP contribution >= 0.6 is 0 Å². The van der Waals surface area contributed by atoms with Gasteiger partial charge in [0.25, 0.3) is 0 Å².